The van der Waals surface area contributed by atoms with E-state index >= 15 is 0 Å². The Kier molecular flexibility index (Phi) is 3.13. The van der Waals surface area contributed by atoms with Crippen molar-refractivity contribution < 1.29 is 19.1 Å². The predicted octanol–water partition coefficient (Wildman–Crippen LogP) is 1.61. The molecule has 0 aliphatic carbocycles. The lowest BCUT2D eigenvalue weighted by Crippen LogP contribution is -2.35. The highest BCUT2D eigenvalue weighted by molar-refractivity contribution is 6.11. The molecule has 0 spiro atoms. The van der Waals surface area contributed by atoms with Gasteiger partial charge in [-0.3, -0.25) is 9.59 Å². The van der Waals surface area contributed by atoms with Gasteiger partial charge < -0.3 is 9.47 Å². The third kappa shape index (κ3) is 1.90. The molecule has 1 aromatic rings. The number of hydrogen-bond donors (Lipinski definition) is 0. The van der Waals surface area contributed by atoms with Gasteiger partial charge in [0.15, 0.2) is 11.7 Å². The number of carbonyl (C=O) groups is 2. The summed E-state index contributed by atoms with van der Waals surface area (Å²) in [4.78, 5) is 23.5. The molecule has 17 heavy (non-hydrogen) atoms. The van der Waals surface area contributed by atoms with Crippen LogP contribution in [0.1, 0.15) is 22.8 Å². The molecule has 4 heteroatoms. The molecular weight excluding hydrogens is 220 g/mol. The number of ether oxygens (including phenoxy) is 2. The number of methoxy groups -OCH3 is 1. The van der Waals surface area contributed by atoms with E-state index in [-0.39, 0.29) is 12.4 Å². The average molecular weight is 234 g/mol. The van der Waals surface area contributed by atoms with E-state index in [4.69, 9.17) is 4.74 Å². The molecule has 1 aromatic carbocycles. The molecule has 2 rings (SSSR count). The molecule has 1 aliphatic rings. The Morgan fingerprint density at radius 3 is 2.94 bits per heavy atom. The zero-order valence-corrected chi connectivity index (χ0v) is 9.86. The zero-order valence-electron chi connectivity index (χ0n) is 9.86. The highest BCUT2D eigenvalue weighted by atomic mass is 16.5. The fraction of sp³-hybridized carbons (Fsp3) is 0.385. The first-order chi connectivity index (χ1) is 8.19. The van der Waals surface area contributed by atoms with Crippen LogP contribution in [-0.2, 0) is 16.0 Å². The van der Waals surface area contributed by atoms with Crippen LogP contribution in [0.15, 0.2) is 18.2 Å². The van der Waals surface area contributed by atoms with Gasteiger partial charge in [0.25, 0.3) is 0 Å². The van der Waals surface area contributed by atoms with Crippen LogP contribution in [0.3, 0.4) is 0 Å². The Balaban J connectivity index is 2.40. The number of rotatable bonds is 2. The molecule has 4 nitrogen and oxygen atoms in total. The maximum absolute atomic E-state index is 12.1. The molecule has 0 aromatic heterocycles. The van der Waals surface area contributed by atoms with Gasteiger partial charge in [-0.2, -0.15) is 0 Å². The molecule has 0 saturated carbocycles. The smallest absolute Gasteiger partial charge is 0.320 e. The molecule has 1 heterocycles. The van der Waals surface area contributed by atoms with Gasteiger partial charge >= 0.3 is 5.97 Å². The van der Waals surface area contributed by atoms with E-state index in [1.165, 1.54) is 7.11 Å². The third-order valence-electron chi connectivity index (χ3n) is 2.94. The Morgan fingerprint density at radius 2 is 2.29 bits per heavy atom. The summed E-state index contributed by atoms with van der Waals surface area (Å²) in [5.74, 6) is -0.976. The van der Waals surface area contributed by atoms with Crippen molar-refractivity contribution in [2.75, 3.05) is 13.7 Å². The number of aryl methyl sites for hydroxylation is 1. The van der Waals surface area contributed by atoms with Gasteiger partial charge in [-0.1, -0.05) is 19.1 Å². The van der Waals surface area contributed by atoms with Crippen LogP contribution in [0.25, 0.3) is 0 Å². The van der Waals surface area contributed by atoms with Crippen molar-refractivity contribution in [1.29, 1.82) is 0 Å². The molecule has 0 radical (unpaired) electrons. The molecule has 0 N–H and O–H groups in total. The summed E-state index contributed by atoms with van der Waals surface area (Å²) in [5, 5.41) is 0. The SMILES string of the molecule is CCc1cccc2c1OCC(C(=O)OC)C2=O. The molecule has 90 valence electrons. The molecule has 0 fully saturated rings. The number of carbonyl (C=O) groups excluding carboxylic acids is 2. The van der Waals surface area contributed by atoms with Gasteiger partial charge in [0, 0.05) is 0 Å². The Bertz CT molecular complexity index is 464. The molecule has 0 saturated heterocycles. The largest absolute Gasteiger partial charge is 0.491 e. The zero-order chi connectivity index (χ0) is 12.4. The molecule has 1 atom stereocenters. The topological polar surface area (TPSA) is 52.6 Å². The van der Waals surface area contributed by atoms with Gasteiger partial charge in [-0.25, -0.2) is 0 Å². The van der Waals surface area contributed by atoms with E-state index in [9.17, 15) is 9.59 Å². The minimum absolute atomic E-state index is 0.0650. The molecular formula is C13H14O4. The average Bonchev–Trinajstić information content (AvgIpc) is 2.38. The second kappa shape index (κ2) is 4.57. The molecule has 1 aliphatic heterocycles. The third-order valence-corrected chi connectivity index (χ3v) is 2.94. The normalized spacial score (nSPS) is 18.2. The maximum atomic E-state index is 12.1. The Labute approximate surface area is 99.5 Å². The van der Waals surface area contributed by atoms with Crippen LogP contribution < -0.4 is 4.74 Å². The van der Waals surface area contributed by atoms with Crippen LogP contribution in [0.4, 0.5) is 0 Å². The lowest BCUT2D eigenvalue weighted by atomic mass is 9.93. The molecule has 0 bridgehead atoms. The quantitative estimate of drug-likeness (QED) is 0.576. The second-order valence-corrected chi connectivity index (χ2v) is 3.90. The van der Waals surface area contributed by atoms with E-state index in [1.54, 1.807) is 12.1 Å². The Morgan fingerprint density at radius 1 is 1.53 bits per heavy atom. The summed E-state index contributed by atoms with van der Waals surface area (Å²) in [6, 6.07) is 5.41. The summed E-state index contributed by atoms with van der Waals surface area (Å²) in [5.41, 5.74) is 1.46. The summed E-state index contributed by atoms with van der Waals surface area (Å²) in [7, 11) is 1.27. The van der Waals surface area contributed by atoms with Crippen LogP contribution in [0.5, 0.6) is 5.75 Å². The van der Waals surface area contributed by atoms with E-state index in [1.807, 2.05) is 13.0 Å². The monoisotopic (exact) mass is 234 g/mol. The van der Waals surface area contributed by atoms with E-state index in [2.05, 4.69) is 4.74 Å². The van der Waals surface area contributed by atoms with E-state index < -0.39 is 11.9 Å². The Hall–Kier alpha value is -1.84. The predicted molar refractivity (Wildman–Crippen MR) is 61.2 cm³/mol. The number of Topliss-reactive ketones (excluding diaryl/α,β-unsaturated/α-hetero) is 1. The van der Waals surface area contributed by atoms with Gasteiger partial charge in [0.05, 0.1) is 12.7 Å². The molecule has 1 unspecified atom stereocenters. The van der Waals surface area contributed by atoms with Gasteiger partial charge in [0.2, 0.25) is 0 Å². The summed E-state index contributed by atoms with van der Waals surface area (Å²) >= 11 is 0. The van der Waals surface area contributed by atoms with Crippen molar-refractivity contribution in [3.05, 3.63) is 29.3 Å². The number of benzene rings is 1. The van der Waals surface area contributed by atoms with Crippen LogP contribution in [0, 0.1) is 5.92 Å². The van der Waals surface area contributed by atoms with Crippen molar-refractivity contribution in [3.63, 3.8) is 0 Å². The number of fused-ring (bicyclic) bond motifs is 1. The number of para-hydroxylation sites is 1. The van der Waals surface area contributed by atoms with E-state index in [0.29, 0.717) is 11.3 Å². The summed E-state index contributed by atoms with van der Waals surface area (Å²) in [6.45, 7) is 2.06. The number of esters is 1. The fourth-order valence-electron chi connectivity index (χ4n) is 1.98. The first-order valence-corrected chi connectivity index (χ1v) is 5.55. The fourth-order valence-corrected chi connectivity index (χ4v) is 1.98. The number of ketones is 1. The van der Waals surface area contributed by atoms with Crippen LogP contribution in [-0.4, -0.2) is 25.5 Å². The highest BCUT2D eigenvalue weighted by Crippen LogP contribution is 2.31. The number of hydrogen-bond acceptors (Lipinski definition) is 4. The minimum atomic E-state index is -0.834. The summed E-state index contributed by atoms with van der Waals surface area (Å²) in [6.07, 6.45) is 0.791. The van der Waals surface area contributed by atoms with Gasteiger partial charge in [-0.15, -0.1) is 0 Å². The summed E-state index contributed by atoms with van der Waals surface area (Å²) < 4.78 is 10.1. The van der Waals surface area contributed by atoms with Crippen LogP contribution in [0.2, 0.25) is 0 Å². The van der Waals surface area contributed by atoms with Crippen molar-refractivity contribution in [1.82, 2.24) is 0 Å². The highest BCUT2D eigenvalue weighted by Gasteiger charge is 2.35. The lowest BCUT2D eigenvalue weighted by Gasteiger charge is -2.24. The minimum Gasteiger partial charge on any atom is -0.491 e. The standard InChI is InChI=1S/C13H14O4/c1-3-8-5-4-6-9-11(14)10(13(15)16-2)7-17-12(8)9/h4-6,10H,3,7H2,1-2H3. The second-order valence-electron chi connectivity index (χ2n) is 3.90. The van der Waals surface area contributed by atoms with E-state index in [0.717, 1.165) is 12.0 Å². The first kappa shape index (κ1) is 11.6. The molecule has 0 amide bonds. The van der Waals surface area contributed by atoms with Crippen molar-refractivity contribution in [3.8, 4) is 5.75 Å². The van der Waals surface area contributed by atoms with Crippen molar-refractivity contribution in [2.24, 2.45) is 5.92 Å². The van der Waals surface area contributed by atoms with Gasteiger partial charge in [0.1, 0.15) is 12.4 Å². The lowest BCUT2D eigenvalue weighted by molar-refractivity contribution is -0.144. The first-order valence-electron chi connectivity index (χ1n) is 5.55. The van der Waals surface area contributed by atoms with Crippen molar-refractivity contribution >= 4 is 11.8 Å². The van der Waals surface area contributed by atoms with Crippen molar-refractivity contribution in [2.45, 2.75) is 13.3 Å². The maximum Gasteiger partial charge on any atom is 0.320 e. The van der Waals surface area contributed by atoms with Gasteiger partial charge in [-0.05, 0) is 18.1 Å². The van der Waals surface area contributed by atoms with Crippen LogP contribution >= 0.6 is 0 Å².